The van der Waals surface area contributed by atoms with E-state index in [1.807, 2.05) is 37.3 Å². The van der Waals surface area contributed by atoms with Gasteiger partial charge in [0.2, 0.25) is 0 Å². The van der Waals surface area contributed by atoms with E-state index in [1.165, 1.54) is 12.1 Å². The van der Waals surface area contributed by atoms with Gasteiger partial charge in [0.15, 0.2) is 0 Å². The second-order valence-corrected chi connectivity index (χ2v) is 8.92. The van der Waals surface area contributed by atoms with E-state index in [2.05, 4.69) is 4.90 Å². The molecule has 0 aliphatic carbocycles. The highest BCUT2D eigenvalue weighted by Crippen LogP contribution is 2.47. The number of likely N-dealkylation sites (tertiary alicyclic amines) is 1. The number of aromatic hydroxyl groups is 1. The minimum atomic E-state index is -0.438. The molecule has 3 aromatic carbocycles. The molecule has 3 aromatic rings. The van der Waals surface area contributed by atoms with Crippen LogP contribution in [0.5, 0.6) is 17.2 Å². The first-order chi connectivity index (χ1) is 16.5. The van der Waals surface area contributed by atoms with Crippen LogP contribution >= 0.6 is 0 Å². The third-order valence-electron chi connectivity index (χ3n) is 6.52. The van der Waals surface area contributed by atoms with Gasteiger partial charge in [0.1, 0.15) is 35.8 Å². The summed E-state index contributed by atoms with van der Waals surface area (Å²) in [5.74, 6) is 1.43. The number of halogens is 2. The predicted octanol–water partition coefficient (Wildman–Crippen LogP) is 5.88. The lowest BCUT2D eigenvalue weighted by molar-refractivity contribution is 0.0668. The van der Waals surface area contributed by atoms with Crippen LogP contribution in [0.1, 0.15) is 29.7 Å². The lowest BCUT2D eigenvalue weighted by Crippen LogP contribution is -2.49. The molecule has 176 valence electrons. The third kappa shape index (κ3) is 4.50. The van der Waals surface area contributed by atoms with Gasteiger partial charge in [-0.05, 0) is 66.1 Å². The summed E-state index contributed by atoms with van der Waals surface area (Å²) in [5, 5.41) is 10.00. The molecule has 4 nitrogen and oxygen atoms in total. The van der Waals surface area contributed by atoms with E-state index in [1.54, 1.807) is 24.3 Å². The summed E-state index contributed by atoms with van der Waals surface area (Å²) >= 11 is 0. The van der Waals surface area contributed by atoms with Crippen LogP contribution in [0.4, 0.5) is 8.78 Å². The number of hydrogen-bond acceptors (Lipinski definition) is 4. The normalized spacial score (nSPS) is 18.3. The van der Waals surface area contributed by atoms with Crippen LogP contribution in [0.25, 0.3) is 11.1 Å². The van der Waals surface area contributed by atoms with E-state index < -0.39 is 6.10 Å². The van der Waals surface area contributed by atoms with Crippen LogP contribution in [0.2, 0.25) is 0 Å². The molecule has 0 aromatic heterocycles. The number of allylic oxidation sites excluding steroid dienone is 1. The van der Waals surface area contributed by atoms with Gasteiger partial charge in [-0.1, -0.05) is 24.3 Å². The van der Waals surface area contributed by atoms with Crippen molar-refractivity contribution in [2.75, 3.05) is 32.9 Å². The fourth-order valence-corrected chi connectivity index (χ4v) is 4.69. The minimum Gasteiger partial charge on any atom is -0.508 e. The SMILES string of the molecule is CC1=C(c2cccc(F)c2)C(c2ccc(OCCN3CC(CF)C3)cc2)Oc2ccc(O)cc21. The van der Waals surface area contributed by atoms with E-state index in [9.17, 15) is 13.9 Å². The minimum absolute atomic E-state index is 0.152. The Bertz CT molecular complexity index is 1200. The van der Waals surface area contributed by atoms with Crippen molar-refractivity contribution < 1.29 is 23.4 Å². The van der Waals surface area contributed by atoms with Gasteiger partial charge < -0.3 is 14.6 Å². The largest absolute Gasteiger partial charge is 0.508 e. The Hall–Kier alpha value is -3.38. The number of fused-ring (bicyclic) bond motifs is 1. The molecule has 2 aliphatic rings. The van der Waals surface area contributed by atoms with Gasteiger partial charge in [0, 0.05) is 36.7 Å². The summed E-state index contributed by atoms with van der Waals surface area (Å²) in [7, 11) is 0. The Morgan fingerprint density at radius 3 is 2.59 bits per heavy atom. The van der Waals surface area contributed by atoms with Gasteiger partial charge in [-0.15, -0.1) is 0 Å². The number of phenols is 1. The molecule has 2 heterocycles. The zero-order valence-corrected chi connectivity index (χ0v) is 19.0. The van der Waals surface area contributed by atoms with Crippen molar-refractivity contribution in [2.45, 2.75) is 13.0 Å². The van der Waals surface area contributed by atoms with Crippen LogP contribution < -0.4 is 9.47 Å². The fraction of sp³-hybridized carbons (Fsp3) is 0.286. The van der Waals surface area contributed by atoms with Crippen LogP contribution in [-0.2, 0) is 0 Å². The first kappa shape index (κ1) is 22.4. The maximum atomic E-state index is 14.1. The third-order valence-corrected chi connectivity index (χ3v) is 6.52. The second kappa shape index (κ2) is 9.47. The number of alkyl halides is 1. The maximum absolute atomic E-state index is 14.1. The molecule has 2 aliphatic heterocycles. The average molecular weight is 464 g/mol. The standard InChI is InChI=1S/C28H27F2NO3/c1-18-25-14-23(32)7-10-26(25)34-28(27(18)21-3-2-4-22(30)13-21)20-5-8-24(9-6-20)33-12-11-31-16-19(15-29)17-31/h2-10,13-14,19,28,32H,11-12,15-17H2,1H3. The van der Waals surface area contributed by atoms with Crippen molar-refractivity contribution in [1.82, 2.24) is 4.90 Å². The van der Waals surface area contributed by atoms with Crippen LogP contribution in [0.15, 0.2) is 66.7 Å². The van der Waals surface area contributed by atoms with Crippen LogP contribution in [0, 0.1) is 11.7 Å². The molecule has 0 saturated carbocycles. The molecule has 0 amide bonds. The lowest BCUT2D eigenvalue weighted by Gasteiger charge is -2.37. The highest BCUT2D eigenvalue weighted by molar-refractivity contribution is 5.95. The number of phenolic OH excluding ortho intramolecular Hbond substituents is 1. The number of rotatable bonds is 7. The number of benzene rings is 3. The first-order valence-electron chi connectivity index (χ1n) is 11.5. The zero-order chi connectivity index (χ0) is 23.7. The van der Waals surface area contributed by atoms with Gasteiger partial charge in [0.25, 0.3) is 0 Å². The molecule has 1 fully saturated rings. The Morgan fingerprint density at radius 1 is 1.06 bits per heavy atom. The molecule has 1 unspecified atom stereocenters. The van der Waals surface area contributed by atoms with Crippen molar-refractivity contribution >= 4 is 11.1 Å². The van der Waals surface area contributed by atoms with E-state index >= 15 is 0 Å². The summed E-state index contributed by atoms with van der Waals surface area (Å²) in [5.41, 5.74) is 4.22. The molecule has 0 spiro atoms. The topological polar surface area (TPSA) is 41.9 Å². The Balaban J connectivity index is 1.38. The number of ether oxygens (including phenoxy) is 2. The van der Waals surface area contributed by atoms with E-state index in [-0.39, 0.29) is 24.2 Å². The van der Waals surface area contributed by atoms with Gasteiger partial charge in [-0.3, -0.25) is 9.29 Å². The van der Waals surface area contributed by atoms with Crippen molar-refractivity contribution in [3.8, 4) is 17.2 Å². The Morgan fingerprint density at radius 2 is 1.85 bits per heavy atom. The van der Waals surface area contributed by atoms with Crippen LogP contribution in [-0.4, -0.2) is 42.9 Å². The van der Waals surface area contributed by atoms with Gasteiger partial charge in [-0.2, -0.15) is 0 Å². The van der Waals surface area contributed by atoms with E-state index in [4.69, 9.17) is 9.47 Å². The number of hydrogen-bond donors (Lipinski definition) is 1. The second-order valence-electron chi connectivity index (χ2n) is 8.92. The molecular formula is C28H27F2NO3. The van der Waals surface area contributed by atoms with Crippen molar-refractivity contribution in [2.24, 2.45) is 5.92 Å². The van der Waals surface area contributed by atoms with Gasteiger partial charge in [0.05, 0.1) is 6.67 Å². The highest BCUT2D eigenvalue weighted by atomic mass is 19.1. The highest BCUT2D eigenvalue weighted by Gasteiger charge is 2.30. The van der Waals surface area contributed by atoms with Crippen molar-refractivity contribution in [3.05, 3.63) is 89.2 Å². The molecule has 1 atom stereocenters. The molecule has 1 saturated heterocycles. The van der Waals surface area contributed by atoms with Gasteiger partial charge >= 0.3 is 0 Å². The first-order valence-corrected chi connectivity index (χ1v) is 11.5. The molecule has 0 bridgehead atoms. The lowest BCUT2D eigenvalue weighted by atomic mass is 9.86. The number of nitrogens with zero attached hydrogens (tertiary/aromatic N) is 1. The average Bonchev–Trinajstić information content (AvgIpc) is 2.81. The quantitative estimate of drug-likeness (QED) is 0.476. The monoisotopic (exact) mass is 463 g/mol. The summed E-state index contributed by atoms with van der Waals surface area (Å²) in [6.45, 7) is 4.63. The predicted molar refractivity (Wildman–Crippen MR) is 128 cm³/mol. The Labute approximate surface area is 198 Å². The zero-order valence-electron chi connectivity index (χ0n) is 19.0. The fourth-order valence-electron chi connectivity index (χ4n) is 4.69. The molecule has 1 N–H and O–H groups in total. The molecular weight excluding hydrogens is 436 g/mol. The van der Waals surface area contributed by atoms with E-state index in [0.717, 1.165) is 53.2 Å². The Kier molecular flexibility index (Phi) is 6.24. The summed E-state index contributed by atoms with van der Waals surface area (Å²) < 4.78 is 38.9. The van der Waals surface area contributed by atoms with E-state index in [0.29, 0.717) is 12.4 Å². The maximum Gasteiger partial charge on any atom is 0.150 e. The van der Waals surface area contributed by atoms with Gasteiger partial charge in [-0.25, -0.2) is 4.39 Å². The van der Waals surface area contributed by atoms with Crippen molar-refractivity contribution in [1.29, 1.82) is 0 Å². The molecule has 5 rings (SSSR count). The summed E-state index contributed by atoms with van der Waals surface area (Å²) in [6, 6.07) is 19.2. The molecule has 0 radical (unpaired) electrons. The molecule has 34 heavy (non-hydrogen) atoms. The van der Waals surface area contributed by atoms with Crippen molar-refractivity contribution in [3.63, 3.8) is 0 Å². The molecule has 6 heteroatoms. The summed E-state index contributed by atoms with van der Waals surface area (Å²) in [6.07, 6.45) is -0.438. The summed E-state index contributed by atoms with van der Waals surface area (Å²) in [4.78, 5) is 2.18. The smallest absolute Gasteiger partial charge is 0.150 e. The van der Waals surface area contributed by atoms with Crippen LogP contribution in [0.3, 0.4) is 0 Å².